The van der Waals surface area contributed by atoms with Crippen LogP contribution < -0.4 is 16.8 Å². The van der Waals surface area contributed by atoms with Crippen molar-refractivity contribution in [2.24, 2.45) is 11.5 Å². The van der Waals surface area contributed by atoms with Gasteiger partial charge < -0.3 is 36.4 Å². The Balaban J connectivity index is 1.77. The quantitative estimate of drug-likeness (QED) is 0.224. The zero-order valence-electron chi connectivity index (χ0n) is 27.8. The van der Waals surface area contributed by atoms with Gasteiger partial charge in [0, 0.05) is 19.5 Å². The Hall–Kier alpha value is -4.00. The van der Waals surface area contributed by atoms with Gasteiger partial charge in [-0.05, 0) is 75.5 Å². The van der Waals surface area contributed by atoms with Crippen LogP contribution in [0.15, 0.2) is 12.1 Å². The third-order valence-electron chi connectivity index (χ3n) is 8.75. The maximum Gasteiger partial charge on any atom is 0.310 e. The van der Waals surface area contributed by atoms with Crippen molar-refractivity contribution in [3.8, 4) is 0 Å². The molecule has 46 heavy (non-hydrogen) atoms. The van der Waals surface area contributed by atoms with E-state index in [1.807, 2.05) is 39.8 Å². The second-order valence-electron chi connectivity index (χ2n) is 13.4. The molecular formula is C33H49N5O8. The van der Waals surface area contributed by atoms with Gasteiger partial charge in [0.1, 0.15) is 24.2 Å². The second-order valence-corrected chi connectivity index (χ2v) is 13.4. The molecule has 2 aliphatic heterocycles. The summed E-state index contributed by atoms with van der Waals surface area (Å²) in [6, 6.07) is 0.982. The molecule has 0 bridgehead atoms. The lowest BCUT2D eigenvalue weighted by Crippen LogP contribution is -2.58. The van der Waals surface area contributed by atoms with E-state index in [4.69, 9.17) is 16.2 Å². The highest BCUT2D eigenvalue weighted by atomic mass is 16.5. The number of aliphatic hydroxyl groups is 1. The van der Waals surface area contributed by atoms with Crippen molar-refractivity contribution in [1.29, 1.82) is 0 Å². The van der Waals surface area contributed by atoms with Crippen LogP contribution in [0.1, 0.15) is 88.5 Å². The number of hydrogen-bond donors (Lipinski definition) is 4. The lowest BCUT2D eigenvalue weighted by atomic mass is 9.75. The van der Waals surface area contributed by atoms with E-state index in [-0.39, 0.29) is 31.7 Å². The molecule has 0 aliphatic carbocycles. The van der Waals surface area contributed by atoms with Crippen LogP contribution in [0.2, 0.25) is 0 Å². The number of nitrogens with zero attached hydrogens (tertiary/aromatic N) is 2. The number of aryl methyl sites for hydroxylation is 2. The summed E-state index contributed by atoms with van der Waals surface area (Å²) in [7, 11) is 0. The van der Waals surface area contributed by atoms with Crippen molar-refractivity contribution >= 4 is 35.5 Å². The zero-order valence-corrected chi connectivity index (χ0v) is 27.8. The smallest absolute Gasteiger partial charge is 0.310 e. The number of carbonyl (C=O) groups excluding carboxylic acids is 6. The summed E-state index contributed by atoms with van der Waals surface area (Å²) in [5.41, 5.74) is 13.1. The summed E-state index contributed by atoms with van der Waals surface area (Å²) in [6.45, 7) is 11.1. The van der Waals surface area contributed by atoms with Crippen LogP contribution >= 0.6 is 0 Å². The van der Waals surface area contributed by atoms with Gasteiger partial charge in [-0.2, -0.15) is 0 Å². The normalized spacial score (nSPS) is 20.2. The van der Waals surface area contributed by atoms with Crippen molar-refractivity contribution in [1.82, 2.24) is 15.1 Å². The van der Waals surface area contributed by atoms with Gasteiger partial charge in [0.05, 0.1) is 18.9 Å². The Morgan fingerprint density at radius 2 is 1.61 bits per heavy atom. The molecule has 254 valence electrons. The summed E-state index contributed by atoms with van der Waals surface area (Å²) < 4.78 is 5.38. The van der Waals surface area contributed by atoms with Gasteiger partial charge in [-0.3, -0.25) is 28.8 Å². The Kier molecular flexibility index (Phi) is 11.9. The van der Waals surface area contributed by atoms with Gasteiger partial charge in [0.2, 0.25) is 29.5 Å². The monoisotopic (exact) mass is 643 g/mol. The molecule has 2 fully saturated rings. The highest BCUT2D eigenvalue weighted by molar-refractivity contribution is 5.95. The van der Waals surface area contributed by atoms with E-state index in [9.17, 15) is 33.9 Å². The zero-order chi connectivity index (χ0) is 34.5. The maximum absolute atomic E-state index is 13.7. The predicted octanol–water partition coefficient (Wildman–Crippen LogP) is 0.654. The standard InChI is InChI=1S/C33H49N5O8/c1-18-13-19(2)28(22(14-18)16-27(42)46-20(3)15-25(34)40)33(5,6)17-26(41)36-29(21(4)39)32(45)38-12-8-10-24(38)31(44)37-11-7-9-23(37)30(35)43/h13-14,20-21,23-24,29,39H,7-12,15-17H2,1-6H3,(H2,34,40)(H2,35,43)(H,36,41). The van der Waals surface area contributed by atoms with Crippen molar-refractivity contribution in [3.05, 3.63) is 34.4 Å². The number of hydrogen-bond acceptors (Lipinski definition) is 8. The number of rotatable bonds is 13. The first-order valence-corrected chi connectivity index (χ1v) is 15.9. The minimum absolute atomic E-state index is 0.0794. The molecule has 1 aromatic rings. The molecule has 5 unspecified atom stereocenters. The van der Waals surface area contributed by atoms with E-state index < -0.39 is 65.3 Å². The van der Waals surface area contributed by atoms with Crippen LogP contribution in [0.5, 0.6) is 0 Å². The average Bonchev–Trinajstić information content (AvgIpc) is 3.59. The van der Waals surface area contributed by atoms with Crippen molar-refractivity contribution in [2.75, 3.05) is 13.1 Å². The molecule has 5 atom stereocenters. The molecule has 3 rings (SSSR count). The van der Waals surface area contributed by atoms with Gasteiger partial charge in [-0.1, -0.05) is 31.5 Å². The number of likely N-dealkylation sites (tertiary alicyclic amines) is 2. The lowest BCUT2D eigenvalue weighted by Gasteiger charge is -2.34. The third kappa shape index (κ3) is 8.83. The summed E-state index contributed by atoms with van der Waals surface area (Å²) in [5, 5.41) is 13.3. The van der Waals surface area contributed by atoms with E-state index in [0.717, 1.165) is 16.7 Å². The molecule has 13 heteroatoms. The molecule has 0 aromatic heterocycles. The Morgan fingerprint density at radius 3 is 2.20 bits per heavy atom. The van der Waals surface area contributed by atoms with E-state index in [1.165, 1.54) is 16.7 Å². The Bertz CT molecular complexity index is 1360. The third-order valence-corrected chi connectivity index (χ3v) is 8.75. The van der Waals surface area contributed by atoms with Crippen LogP contribution in [0, 0.1) is 13.8 Å². The first-order chi connectivity index (χ1) is 21.4. The van der Waals surface area contributed by atoms with Crippen LogP contribution in [0.3, 0.4) is 0 Å². The summed E-state index contributed by atoms with van der Waals surface area (Å²) in [6.07, 6.45) is -0.125. The fraction of sp³-hybridized carbons (Fsp3) is 0.636. The molecule has 1 aromatic carbocycles. The van der Waals surface area contributed by atoms with E-state index in [2.05, 4.69) is 5.32 Å². The molecule has 0 spiro atoms. The second kappa shape index (κ2) is 15.1. The van der Waals surface area contributed by atoms with E-state index in [0.29, 0.717) is 37.8 Å². The van der Waals surface area contributed by atoms with Gasteiger partial charge in [0.15, 0.2) is 0 Å². The number of aliphatic hydroxyl groups excluding tert-OH is 1. The molecule has 13 nitrogen and oxygen atoms in total. The number of carbonyl (C=O) groups is 6. The number of primary amides is 2. The molecular weight excluding hydrogens is 594 g/mol. The summed E-state index contributed by atoms with van der Waals surface area (Å²) in [4.78, 5) is 79.4. The fourth-order valence-corrected chi connectivity index (χ4v) is 7.00. The van der Waals surface area contributed by atoms with Crippen molar-refractivity contribution in [2.45, 2.75) is 122 Å². The van der Waals surface area contributed by atoms with Gasteiger partial charge in [-0.25, -0.2) is 0 Å². The van der Waals surface area contributed by atoms with Gasteiger partial charge in [-0.15, -0.1) is 0 Å². The topological polar surface area (TPSA) is 202 Å². The molecule has 2 aliphatic rings. The van der Waals surface area contributed by atoms with E-state index >= 15 is 0 Å². The number of nitrogens with one attached hydrogen (secondary N) is 1. The number of amides is 5. The largest absolute Gasteiger partial charge is 0.462 e. The number of benzene rings is 1. The molecule has 2 saturated heterocycles. The molecule has 6 N–H and O–H groups in total. The van der Waals surface area contributed by atoms with Crippen molar-refractivity contribution < 1.29 is 38.6 Å². The Morgan fingerprint density at radius 1 is 1.00 bits per heavy atom. The van der Waals surface area contributed by atoms with Crippen LogP contribution in [0.25, 0.3) is 0 Å². The summed E-state index contributed by atoms with van der Waals surface area (Å²) >= 11 is 0. The van der Waals surface area contributed by atoms with Crippen LogP contribution in [-0.4, -0.2) is 93.8 Å². The number of esters is 1. The maximum atomic E-state index is 13.7. The molecule has 2 heterocycles. The van der Waals surface area contributed by atoms with Crippen molar-refractivity contribution in [3.63, 3.8) is 0 Å². The SMILES string of the molecule is Cc1cc(C)c(C(C)(C)CC(=O)NC(C(=O)N2CCCC2C(=O)N2CCCC2C(N)=O)C(C)O)c(CC(=O)OC(C)CC(N)=O)c1. The molecule has 5 amide bonds. The first-order valence-electron chi connectivity index (χ1n) is 15.9. The molecule has 0 radical (unpaired) electrons. The Labute approximate surface area is 270 Å². The predicted molar refractivity (Wildman–Crippen MR) is 169 cm³/mol. The van der Waals surface area contributed by atoms with Crippen LogP contribution in [-0.2, 0) is 45.3 Å². The van der Waals surface area contributed by atoms with Gasteiger partial charge >= 0.3 is 5.97 Å². The minimum Gasteiger partial charge on any atom is -0.462 e. The highest BCUT2D eigenvalue weighted by Crippen LogP contribution is 2.34. The average molecular weight is 644 g/mol. The summed E-state index contributed by atoms with van der Waals surface area (Å²) in [5.74, 6) is -3.13. The molecule has 0 saturated carbocycles. The minimum atomic E-state index is -1.30. The number of ether oxygens (including phenoxy) is 1. The number of nitrogens with two attached hydrogens (primary N) is 2. The van der Waals surface area contributed by atoms with E-state index in [1.54, 1.807) is 6.92 Å². The van der Waals surface area contributed by atoms with Crippen LogP contribution in [0.4, 0.5) is 0 Å². The van der Waals surface area contributed by atoms with Gasteiger partial charge in [0.25, 0.3) is 0 Å². The lowest BCUT2D eigenvalue weighted by molar-refractivity contribution is -0.149. The highest BCUT2D eigenvalue weighted by Gasteiger charge is 2.44. The first kappa shape index (κ1) is 36.5. The fourth-order valence-electron chi connectivity index (χ4n) is 7.00.